The van der Waals surface area contributed by atoms with Crippen LogP contribution < -0.4 is 10.2 Å². The number of benzene rings is 1. The van der Waals surface area contributed by atoms with E-state index in [1.165, 1.54) is 17.4 Å². The largest absolute Gasteiger partial charge is 0.468 e. The normalized spacial score (nSPS) is 17.4. The minimum atomic E-state index is 0.0914. The summed E-state index contributed by atoms with van der Waals surface area (Å²) < 4.78 is 5.23. The fourth-order valence-electron chi connectivity index (χ4n) is 2.85. The minimum absolute atomic E-state index is 0.0914. The number of aryl methyl sites for hydroxylation is 1. The number of amides is 1. The van der Waals surface area contributed by atoms with Gasteiger partial charge in [0.05, 0.1) is 12.0 Å². The predicted molar refractivity (Wildman–Crippen MR) is 93.9 cm³/mol. The Hall–Kier alpha value is -1.88. The average molecular weight is 330 g/mol. The fourth-order valence-corrected chi connectivity index (χ4v) is 3.64. The first-order valence-corrected chi connectivity index (χ1v) is 8.94. The van der Waals surface area contributed by atoms with Crippen LogP contribution in [0.4, 0.5) is 5.69 Å². The fraction of sp³-hybridized carbons (Fsp3) is 0.389. The van der Waals surface area contributed by atoms with Gasteiger partial charge in [-0.15, -0.1) is 11.8 Å². The number of hydrogen-bond acceptors (Lipinski definition) is 4. The number of hydrogen-bond donors (Lipinski definition) is 1. The van der Waals surface area contributed by atoms with E-state index in [-0.39, 0.29) is 5.91 Å². The van der Waals surface area contributed by atoms with Gasteiger partial charge in [-0.25, -0.2) is 0 Å². The zero-order valence-electron chi connectivity index (χ0n) is 13.3. The summed E-state index contributed by atoms with van der Waals surface area (Å²) in [7, 11) is 0. The Labute approximate surface area is 141 Å². The Bertz CT molecular complexity index is 641. The van der Waals surface area contributed by atoms with Crippen LogP contribution in [-0.4, -0.2) is 31.3 Å². The van der Waals surface area contributed by atoms with Gasteiger partial charge in [0.15, 0.2) is 0 Å². The highest BCUT2D eigenvalue weighted by molar-refractivity contribution is 8.00. The molecule has 1 aliphatic rings. The van der Waals surface area contributed by atoms with Crippen molar-refractivity contribution in [2.45, 2.75) is 18.2 Å². The van der Waals surface area contributed by atoms with E-state index >= 15 is 0 Å². The van der Waals surface area contributed by atoms with Crippen molar-refractivity contribution in [3.8, 4) is 0 Å². The highest BCUT2D eigenvalue weighted by Gasteiger charge is 2.22. The smallest absolute Gasteiger partial charge is 0.230 e. The quantitative estimate of drug-likeness (QED) is 0.825. The lowest BCUT2D eigenvalue weighted by molar-refractivity contribution is -0.118. The van der Waals surface area contributed by atoms with E-state index in [0.717, 1.165) is 36.7 Å². The second kappa shape index (κ2) is 7.59. The summed E-state index contributed by atoms with van der Waals surface area (Å²) in [6.07, 6.45) is 2.79. The van der Waals surface area contributed by atoms with E-state index in [4.69, 9.17) is 4.42 Å². The first-order chi connectivity index (χ1) is 11.2. The van der Waals surface area contributed by atoms with E-state index in [0.29, 0.717) is 11.7 Å². The molecule has 3 rings (SSSR count). The van der Waals surface area contributed by atoms with Crippen molar-refractivity contribution in [2.24, 2.45) is 5.92 Å². The molecule has 23 heavy (non-hydrogen) atoms. The Balaban J connectivity index is 1.39. The first kappa shape index (κ1) is 16.0. The van der Waals surface area contributed by atoms with E-state index in [1.54, 1.807) is 6.26 Å². The zero-order chi connectivity index (χ0) is 16.1. The van der Waals surface area contributed by atoms with Crippen LogP contribution in [-0.2, 0) is 4.79 Å². The SMILES string of the molecule is Cc1occc1SCC(=O)NC[C@@H]1CCN(c2ccccc2)C1. The van der Waals surface area contributed by atoms with Gasteiger partial charge < -0.3 is 14.6 Å². The van der Waals surface area contributed by atoms with Gasteiger partial charge in [0.25, 0.3) is 0 Å². The molecule has 1 amide bonds. The summed E-state index contributed by atoms with van der Waals surface area (Å²) in [5.41, 5.74) is 1.27. The van der Waals surface area contributed by atoms with Crippen LogP contribution in [0.5, 0.6) is 0 Å². The van der Waals surface area contributed by atoms with Crippen molar-refractivity contribution in [1.29, 1.82) is 0 Å². The van der Waals surface area contributed by atoms with Gasteiger partial charge in [-0.3, -0.25) is 4.79 Å². The van der Waals surface area contributed by atoms with E-state index < -0.39 is 0 Å². The summed E-state index contributed by atoms with van der Waals surface area (Å²) in [4.78, 5) is 15.4. The van der Waals surface area contributed by atoms with Crippen molar-refractivity contribution < 1.29 is 9.21 Å². The average Bonchev–Trinajstić information content (AvgIpc) is 3.21. The zero-order valence-corrected chi connectivity index (χ0v) is 14.1. The maximum absolute atomic E-state index is 12.0. The third kappa shape index (κ3) is 4.32. The summed E-state index contributed by atoms with van der Waals surface area (Å²) >= 11 is 1.53. The maximum atomic E-state index is 12.0. The second-order valence-electron chi connectivity index (χ2n) is 5.87. The third-order valence-electron chi connectivity index (χ3n) is 4.17. The van der Waals surface area contributed by atoms with Crippen LogP contribution in [0.3, 0.4) is 0 Å². The predicted octanol–water partition coefficient (Wildman–Crippen LogP) is 3.32. The van der Waals surface area contributed by atoms with Gasteiger partial charge in [0.2, 0.25) is 5.91 Å². The number of anilines is 1. The standard InChI is InChI=1S/C18H22N2O2S/c1-14-17(8-10-22-14)23-13-18(21)19-11-15-7-9-20(12-15)16-5-3-2-4-6-16/h2-6,8,10,15H,7,9,11-13H2,1H3,(H,19,21)/t15-/m0/s1. The van der Waals surface area contributed by atoms with E-state index in [2.05, 4.69) is 34.5 Å². The van der Waals surface area contributed by atoms with Crippen molar-refractivity contribution in [3.63, 3.8) is 0 Å². The monoisotopic (exact) mass is 330 g/mol. The highest BCUT2D eigenvalue weighted by Crippen LogP contribution is 2.24. The number of nitrogens with zero attached hydrogens (tertiary/aromatic N) is 1. The lowest BCUT2D eigenvalue weighted by Crippen LogP contribution is -2.32. The molecule has 5 heteroatoms. The molecule has 1 aliphatic heterocycles. The van der Waals surface area contributed by atoms with E-state index in [9.17, 15) is 4.79 Å². The minimum Gasteiger partial charge on any atom is -0.468 e. The number of furan rings is 1. The lowest BCUT2D eigenvalue weighted by atomic mass is 10.1. The number of thioether (sulfide) groups is 1. The molecular weight excluding hydrogens is 308 g/mol. The number of rotatable bonds is 6. The van der Waals surface area contributed by atoms with Gasteiger partial charge in [-0.1, -0.05) is 18.2 Å². The lowest BCUT2D eigenvalue weighted by Gasteiger charge is -2.18. The molecule has 0 spiro atoms. The molecular formula is C18H22N2O2S. The molecule has 1 saturated heterocycles. The van der Waals surface area contributed by atoms with Gasteiger partial charge in [0.1, 0.15) is 5.76 Å². The molecule has 1 fully saturated rings. The highest BCUT2D eigenvalue weighted by atomic mass is 32.2. The van der Waals surface area contributed by atoms with Crippen LogP contribution in [0.15, 0.2) is 52.0 Å². The summed E-state index contributed by atoms with van der Waals surface area (Å²) in [6.45, 7) is 4.75. The van der Waals surface area contributed by atoms with Crippen LogP contribution in [0.2, 0.25) is 0 Å². The van der Waals surface area contributed by atoms with Crippen molar-refractivity contribution in [2.75, 3.05) is 30.3 Å². The van der Waals surface area contributed by atoms with Gasteiger partial charge in [-0.05, 0) is 37.5 Å². The molecule has 122 valence electrons. The Morgan fingerprint density at radius 3 is 2.91 bits per heavy atom. The van der Waals surface area contributed by atoms with Crippen LogP contribution in [0, 0.1) is 12.8 Å². The molecule has 4 nitrogen and oxygen atoms in total. The molecule has 1 atom stereocenters. The first-order valence-electron chi connectivity index (χ1n) is 7.96. The molecule has 0 saturated carbocycles. The number of nitrogens with one attached hydrogen (secondary N) is 1. The number of para-hydroxylation sites is 1. The van der Waals surface area contributed by atoms with Crippen LogP contribution in [0.25, 0.3) is 0 Å². The van der Waals surface area contributed by atoms with Crippen molar-refractivity contribution >= 4 is 23.4 Å². The molecule has 1 aromatic carbocycles. The molecule has 2 heterocycles. The van der Waals surface area contributed by atoms with Crippen LogP contribution in [0.1, 0.15) is 12.2 Å². The van der Waals surface area contributed by atoms with Gasteiger partial charge in [-0.2, -0.15) is 0 Å². The molecule has 0 bridgehead atoms. The molecule has 2 aromatic rings. The topological polar surface area (TPSA) is 45.5 Å². The number of carbonyl (C=O) groups is 1. The molecule has 0 radical (unpaired) electrons. The Morgan fingerprint density at radius 2 is 2.17 bits per heavy atom. The second-order valence-corrected chi connectivity index (χ2v) is 6.89. The van der Waals surface area contributed by atoms with Gasteiger partial charge >= 0.3 is 0 Å². The number of carbonyl (C=O) groups excluding carboxylic acids is 1. The van der Waals surface area contributed by atoms with Crippen LogP contribution >= 0.6 is 11.8 Å². The molecule has 1 aromatic heterocycles. The molecule has 0 unspecified atom stereocenters. The molecule has 1 N–H and O–H groups in total. The van der Waals surface area contributed by atoms with Gasteiger partial charge in [0, 0.05) is 30.2 Å². The molecule has 0 aliphatic carbocycles. The summed E-state index contributed by atoms with van der Waals surface area (Å²) in [5.74, 6) is 1.93. The maximum Gasteiger partial charge on any atom is 0.230 e. The Kier molecular flexibility index (Phi) is 5.28. The summed E-state index contributed by atoms with van der Waals surface area (Å²) in [5, 5.41) is 3.06. The van der Waals surface area contributed by atoms with E-state index in [1.807, 2.05) is 19.1 Å². The Morgan fingerprint density at radius 1 is 1.35 bits per heavy atom. The summed E-state index contributed by atoms with van der Waals surface area (Å²) in [6, 6.07) is 12.4. The van der Waals surface area contributed by atoms with Crippen molar-refractivity contribution in [1.82, 2.24) is 5.32 Å². The van der Waals surface area contributed by atoms with Crippen molar-refractivity contribution in [3.05, 3.63) is 48.4 Å². The third-order valence-corrected chi connectivity index (χ3v) is 5.31.